The molecule has 0 aliphatic heterocycles. The van der Waals surface area contributed by atoms with Crippen LogP contribution < -0.4 is 84.3 Å². The summed E-state index contributed by atoms with van der Waals surface area (Å²) in [7, 11) is -3.29. The van der Waals surface area contributed by atoms with E-state index >= 15 is 0 Å². The van der Waals surface area contributed by atoms with Gasteiger partial charge in [0.05, 0.1) is 40.4 Å². The zero-order valence-electron chi connectivity index (χ0n) is 32.6. The monoisotopic (exact) mass is 885 g/mol. The van der Waals surface area contributed by atoms with Crippen LogP contribution in [0.5, 0.6) is 28.7 Å². The number of rotatable bonds is 8. The van der Waals surface area contributed by atoms with Crippen LogP contribution in [-0.2, 0) is 27.5 Å². The quantitative estimate of drug-likeness (QED) is 0.125. The molecule has 8 aromatic rings. The third kappa shape index (κ3) is 11.2. The molecular formula is C43H27CrN6Na2O8S. The van der Waals surface area contributed by atoms with Crippen LogP contribution in [0, 0.1) is 0 Å². The van der Waals surface area contributed by atoms with Gasteiger partial charge < -0.3 is 29.7 Å². The summed E-state index contributed by atoms with van der Waals surface area (Å²) >= 11 is 0. The summed E-state index contributed by atoms with van der Waals surface area (Å²) in [4.78, 5) is -0.610. The van der Waals surface area contributed by atoms with Gasteiger partial charge in [-0.2, -0.15) is 25.6 Å². The molecule has 0 saturated heterocycles. The predicted molar refractivity (Wildman–Crippen MR) is 210 cm³/mol. The molecule has 0 aliphatic rings. The number of ether oxygens (including phenoxy) is 1. The van der Waals surface area contributed by atoms with Crippen LogP contribution in [0.3, 0.4) is 0 Å². The minimum Gasteiger partial charge on any atom is -0.871 e. The largest absolute Gasteiger partial charge is 3.00 e. The molecule has 0 bridgehead atoms. The number of nitrogens with zero attached hydrogens (tertiary/aromatic N) is 6. The summed E-state index contributed by atoms with van der Waals surface area (Å²) < 4.78 is 39.7. The van der Waals surface area contributed by atoms with E-state index in [1.807, 2.05) is 42.5 Å². The summed E-state index contributed by atoms with van der Waals surface area (Å²) in [5.74, 6) is -1.15. The molecule has 1 radical (unpaired) electrons. The van der Waals surface area contributed by atoms with Gasteiger partial charge in [-0.05, 0) is 41.1 Å². The fraction of sp³-hybridized carbons (Fsp3) is 0.0233. The Morgan fingerprint density at radius 2 is 0.918 bits per heavy atom. The average molecular weight is 886 g/mol. The number of benzene rings is 8. The molecule has 61 heavy (non-hydrogen) atoms. The second kappa shape index (κ2) is 21.5. The van der Waals surface area contributed by atoms with E-state index in [0.717, 1.165) is 16.8 Å². The zero-order chi connectivity index (χ0) is 40.8. The molecule has 0 spiro atoms. The first-order valence-electron chi connectivity index (χ1n) is 17.3. The van der Waals surface area contributed by atoms with Crippen LogP contribution in [0.25, 0.3) is 32.3 Å². The van der Waals surface area contributed by atoms with Crippen molar-refractivity contribution in [3.63, 3.8) is 0 Å². The average Bonchev–Trinajstić information content (AvgIpc) is 3.23. The molecular weight excluding hydrogens is 859 g/mol. The van der Waals surface area contributed by atoms with Gasteiger partial charge in [-0.1, -0.05) is 138 Å². The van der Waals surface area contributed by atoms with Gasteiger partial charge in [0, 0.05) is 21.5 Å². The molecule has 8 aromatic carbocycles. The normalized spacial score (nSPS) is 11.2. The summed E-state index contributed by atoms with van der Waals surface area (Å²) in [5, 5.41) is 76.6. The Labute approximate surface area is 404 Å². The van der Waals surface area contributed by atoms with Crippen LogP contribution in [0.1, 0.15) is 0 Å². The van der Waals surface area contributed by atoms with E-state index < -0.39 is 20.8 Å². The minimum absolute atomic E-state index is 0. The first-order chi connectivity index (χ1) is 28.0. The van der Waals surface area contributed by atoms with E-state index in [4.69, 9.17) is 4.74 Å². The van der Waals surface area contributed by atoms with E-state index in [9.17, 15) is 33.4 Å². The van der Waals surface area contributed by atoms with Gasteiger partial charge in [0.2, 0.25) is 0 Å². The molecule has 0 aliphatic carbocycles. The van der Waals surface area contributed by atoms with Crippen LogP contribution in [0.4, 0.5) is 34.1 Å². The molecule has 0 fully saturated rings. The van der Waals surface area contributed by atoms with Gasteiger partial charge >= 0.3 is 76.5 Å². The Kier molecular flexibility index (Phi) is 17.1. The number of para-hydroxylation sites is 1. The molecule has 0 amide bonds. The number of hydrogen-bond acceptors (Lipinski definition) is 14. The van der Waals surface area contributed by atoms with Gasteiger partial charge in [0.15, 0.2) is 0 Å². The Morgan fingerprint density at radius 1 is 0.459 bits per heavy atom. The van der Waals surface area contributed by atoms with Crippen molar-refractivity contribution in [1.82, 2.24) is 0 Å². The van der Waals surface area contributed by atoms with E-state index in [1.54, 1.807) is 61.7 Å². The molecule has 291 valence electrons. The maximum absolute atomic E-state index is 12.4. The Balaban J connectivity index is 0.000000257. The van der Waals surface area contributed by atoms with Crippen molar-refractivity contribution in [2.45, 2.75) is 4.90 Å². The maximum atomic E-state index is 12.4. The Hall–Kier alpha value is -5.22. The zero-order valence-corrected chi connectivity index (χ0v) is 38.7. The number of fused-ring (bicyclic) bond motifs is 3. The first kappa shape index (κ1) is 48.4. The predicted octanol–water partition coefficient (Wildman–Crippen LogP) is 3.29. The van der Waals surface area contributed by atoms with Crippen molar-refractivity contribution in [1.29, 1.82) is 0 Å². The SMILES string of the molecule is COc1ccccc1N=Nc1ccc([O-])c(N=Nc2c([O-])ccc3ccccc23)c1.O=S(=O)([O-])c1cc([O-])c(N=Nc2c([O-])ccc3ccccc23)c2ccccc12.[Cr+3].[Na+].[Na+]. The smallest absolute Gasteiger partial charge is 0.871 e. The van der Waals surface area contributed by atoms with Gasteiger partial charge in [0.1, 0.15) is 21.6 Å². The van der Waals surface area contributed by atoms with E-state index in [0.29, 0.717) is 27.9 Å². The topological polar surface area (TPSA) is 233 Å². The van der Waals surface area contributed by atoms with Crippen LogP contribution >= 0.6 is 0 Å². The summed E-state index contributed by atoms with van der Waals surface area (Å²) in [6.07, 6.45) is 0. The fourth-order valence-corrected chi connectivity index (χ4v) is 6.66. The van der Waals surface area contributed by atoms with Crippen molar-refractivity contribution < 1.29 is 115 Å². The van der Waals surface area contributed by atoms with Crippen LogP contribution in [0.2, 0.25) is 0 Å². The van der Waals surface area contributed by atoms with Crippen LogP contribution in [-0.4, -0.2) is 20.1 Å². The third-order valence-electron chi connectivity index (χ3n) is 8.75. The molecule has 0 aromatic heterocycles. The molecule has 0 unspecified atom stereocenters. The van der Waals surface area contributed by atoms with Crippen molar-refractivity contribution in [3.8, 4) is 28.7 Å². The molecule has 0 heterocycles. The van der Waals surface area contributed by atoms with Crippen molar-refractivity contribution in [2.24, 2.45) is 30.7 Å². The minimum atomic E-state index is -4.84. The van der Waals surface area contributed by atoms with Gasteiger partial charge in [-0.3, -0.25) is 0 Å². The Morgan fingerprint density at radius 3 is 1.49 bits per heavy atom. The van der Waals surface area contributed by atoms with Crippen molar-refractivity contribution >= 4 is 76.6 Å². The van der Waals surface area contributed by atoms with E-state index in [-0.39, 0.29) is 127 Å². The third-order valence-corrected chi connectivity index (χ3v) is 9.62. The molecule has 18 heteroatoms. The van der Waals surface area contributed by atoms with Gasteiger partial charge in [0.25, 0.3) is 0 Å². The number of methoxy groups -OCH3 is 1. The molecule has 0 atom stereocenters. The molecule has 0 saturated carbocycles. The van der Waals surface area contributed by atoms with Crippen molar-refractivity contribution in [2.75, 3.05) is 7.11 Å². The Bertz CT molecular complexity index is 3070. The number of azo groups is 3. The molecule has 14 nitrogen and oxygen atoms in total. The van der Waals surface area contributed by atoms with Crippen molar-refractivity contribution in [3.05, 3.63) is 146 Å². The van der Waals surface area contributed by atoms with E-state index in [1.165, 1.54) is 42.5 Å². The molecule has 8 rings (SSSR count). The van der Waals surface area contributed by atoms with Crippen LogP contribution in [0.15, 0.2) is 181 Å². The summed E-state index contributed by atoms with van der Waals surface area (Å²) in [6.45, 7) is 0. The standard InChI is InChI=1S/C23H18N4O3.C20H14N2O5S.Cr.2Na/c1-30-22-9-5-4-8-18(22)25-24-16-11-13-20(28)19(14-16)26-27-23-17-7-3-2-6-15(17)10-12-21(23)29;23-16-10-9-12-5-1-2-6-13(12)19(16)21-22-20-15-8-4-3-7-14(15)18(11-17(20)24)28(25,26)27;;;/h2-14,28-29H,1H3;1-11,23-24H,(H,25,26,27);;;/q;;+3;2*+1/p-5. The molecule has 0 N–H and O–H groups in total. The second-order valence-electron chi connectivity index (χ2n) is 12.4. The second-order valence-corrected chi connectivity index (χ2v) is 13.8. The summed E-state index contributed by atoms with van der Waals surface area (Å²) in [5.41, 5.74) is 1.17. The van der Waals surface area contributed by atoms with Gasteiger partial charge in [-0.25, -0.2) is 8.42 Å². The number of hydrogen-bond donors (Lipinski definition) is 0. The summed E-state index contributed by atoms with van der Waals surface area (Å²) in [6, 6.07) is 39.0. The van der Waals surface area contributed by atoms with Gasteiger partial charge in [-0.15, -0.1) is 5.11 Å². The van der Waals surface area contributed by atoms with E-state index in [2.05, 4.69) is 30.7 Å². The maximum Gasteiger partial charge on any atom is 3.00 e. The first-order valence-corrected chi connectivity index (χ1v) is 18.7. The fourth-order valence-electron chi connectivity index (χ4n) is 5.96.